The smallest absolute Gasteiger partial charge is 0.124 e. The van der Waals surface area contributed by atoms with E-state index >= 15 is 0 Å². The Balaban J connectivity index is 1.95. The minimum Gasteiger partial charge on any atom is -0.308 e. The molecule has 1 aromatic carbocycles. The molecule has 0 unspecified atom stereocenters. The topological polar surface area (TPSA) is 48.7 Å². The van der Waals surface area contributed by atoms with E-state index in [1.54, 1.807) is 29.1 Å². The number of halogens is 1. The lowest BCUT2D eigenvalue weighted by Gasteiger charge is -2.04. The standard InChI is InChI=1S/C12H10FN3S/c13-11-2-9(4-14)1-10(3-11)5-15-6-12-7-16-8-17-12/h1-3,7-8,15H,5-6H2. The lowest BCUT2D eigenvalue weighted by molar-refractivity contribution is 0.620. The lowest BCUT2D eigenvalue weighted by atomic mass is 10.1. The van der Waals surface area contributed by atoms with Crippen LogP contribution < -0.4 is 5.32 Å². The third kappa shape index (κ3) is 3.34. The second kappa shape index (κ2) is 5.53. The fraction of sp³-hybridized carbons (Fsp3) is 0.167. The number of nitrogens with one attached hydrogen (secondary N) is 1. The number of aromatic nitrogens is 1. The summed E-state index contributed by atoms with van der Waals surface area (Å²) in [4.78, 5) is 5.09. The lowest BCUT2D eigenvalue weighted by Crippen LogP contribution is -2.12. The first-order valence-corrected chi connectivity index (χ1v) is 5.93. The van der Waals surface area contributed by atoms with E-state index in [1.165, 1.54) is 12.1 Å². The maximum atomic E-state index is 13.1. The molecule has 0 amide bonds. The molecule has 17 heavy (non-hydrogen) atoms. The van der Waals surface area contributed by atoms with E-state index in [4.69, 9.17) is 5.26 Å². The van der Waals surface area contributed by atoms with Crippen molar-refractivity contribution in [2.75, 3.05) is 0 Å². The third-order valence-corrected chi connectivity index (χ3v) is 2.98. The van der Waals surface area contributed by atoms with E-state index in [0.29, 0.717) is 18.7 Å². The number of rotatable bonds is 4. The SMILES string of the molecule is N#Cc1cc(F)cc(CNCc2cncs2)c1. The van der Waals surface area contributed by atoms with Crippen LogP contribution in [-0.2, 0) is 13.1 Å². The van der Waals surface area contributed by atoms with Crippen molar-refractivity contribution >= 4 is 11.3 Å². The number of hydrogen-bond acceptors (Lipinski definition) is 4. The molecule has 2 aromatic rings. The van der Waals surface area contributed by atoms with Gasteiger partial charge in [-0.3, -0.25) is 4.98 Å². The highest BCUT2D eigenvalue weighted by Crippen LogP contribution is 2.09. The van der Waals surface area contributed by atoms with Crippen molar-refractivity contribution in [2.45, 2.75) is 13.1 Å². The number of benzene rings is 1. The molecule has 0 atom stereocenters. The van der Waals surface area contributed by atoms with Gasteiger partial charge in [0.05, 0.1) is 17.1 Å². The second-order valence-corrected chi connectivity index (χ2v) is 4.50. The zero-order chi connectivity index (χ0) is 12.1. The Kier molecular flexibility index (Phi) is 3.81. The molecule has 1 N–H and O–H groups in total. The summed E-state index contributed by atoms with van der Waals surface area (Å²) in [5.41, 5.74) is 2.89. The van der Waals surface area contributed by atoms with Gasteiger partial charge in [0.25, 0.3) is 0 Å². The van der Waals surface area contributed by atoms with Gasteiger partial charge in [-0.25, -0.2) is 4.39 Å². The highest BCUT2D eigenvalue weighted by molar-refractivity contribution is 7.09. The van der Waals surface area contributed by atoms with Gasteiger partial charge in [0.15, 0.2) is 0 Å². The predicted octanol–water partition coefficient (Wildman–Crippen LogP) is 2.44. The second-order valence-electron chi connectivity index (χ2n) is 3.53. The highest BCUT2D eigenvalue weighted by atomic mass is 32.1. The molecule has 0 fully saturated rings. The molecule has 0 aliphatic rings. The summed E-state index contributed by atoms with van der Waals surface area (Å²) in [6.45, 7) is 1.23. The molecule has 1 heterocycles. The summed E-state index contributed by atoms with van der Waals surface area (Å²) in [5.74, 6) is -0.376. The predicted molar refractivity (Wildman–Crippen MR) is 63.8 cm³/mol. The van der Waals surface area contributed by atoms with E-state index in [0.717, 1.165) is 10.4 Å². The Morgan fingerprint density at radius 1 is 1.35 bits per heavy atom. The molecular weight excluding hydrogens is 237 g/mol. The molecule has 2 rings (SSSR count). The Bertz CT molecular complexity index is 531. The van der Waals surface area contributed by atoms with Gasteiger partial charge in [-0.2, -0.15) is 5.26 Å². The minimum atomic E-state index is -0.376. The van der Waals surface area contributed by atoms with Crippen molar-refractivity contribution in [3.8, 4) is 6.07 Å². The first-order valence-electron chi connectivity index (χ1n) is 5.05. The van der Waals surface area contributed by atoms with Crippen LogP contribution in [-0.4, -0.2) is 4.98 Å². The maximum absolute atomic E-state index is 13.1. The minimum absolute atomic E-state index is 0.347. The Labute approximate surface area is 103 Å². The Hall–Kier alpha value is -1.77. The van der Waals surface area contributed by atoms with Gasteiger partial charge in [0.2, 0.25) is 0 Å². The summed E-state index contributed by atoms with van der Waals surface area (Å²) in [7, 11) is 0. The zero-order valence-electron chi connectivity index (χ0n) is 8.98. The molecule has 0 aliphatic carbocycles. The van der Waals surface area contributed by atoms with Gasteiger partial charge in [-0.15, -0.1) is 11.3 Å². The summed E-state index contributed by atoms with van der Waals surface area (Å²) in [5, 5.41) is 11.9. The van der Waals surface area contributed by atoms with Gasteiger partial charge in [-0.1, -0.05) is 0 Å². The van der Waals surface area contributed by atoms with Crippen LogP contribution in [0, 0.1) is 17.1 Å². The number of hydrogen-bond donors (Lipinski definition) is 1. The molecule has 0 aliphatic heterocycles. The zero-order valence-corrected chi connectivity index (χ0v) is 9.80. The molecule has 0 bridgehead atoms. The Morgan fingerprint density at radius 2 is 2.24 bits per heavy atom. The number of nitrogens with zero attached hydrogens (tertiary/aromatic N) is 2. The molecule has 0 saturated carbocycles. The normalized spacial score (nSPS) is 10.1. The van der Waals surface area contributed by atoms with E-state index < -0.39 is 0 Å². The van der Waals surface area contributed by atoms with Crippen LogP contribution in [0.5, 0.6) is 0 Å². The molecule has 0 spiro atoms. The quantitative estimate of drug-likeness (QED) is 0.902. The van der Waals surface area contributed by atoms with Gasteiger partial charge in [-0.05, 0) is 23.8 Å². The van der Waals surface area contributed by atoms with Crippen molar-refractivity contribution < 1.29 is 4.39 Å². The molecule has 5 heteroatoms. The van der Waals surface area contributed by atoms with Crippen molar-refractivity contribution in [3.63, 3.8) is 0 Å². The third-order valence-electron chi connectivity index (χ3n) is 2.20. The van der Waals surface area contributed by atoms with Gasteiger partial charge in [0.1, 0.15) is 5.82 Å². The largest absolute Gasteiger partial charge is 0.308 e. The van der Waals surface area contributed by atoms with Crippen molar-refractivity contribution in [1.82, 2.24) is 10.3 Å². The highest BCUT2D eigenvalue weighted by Gasteiger charge is 2.01. The van der Waals surface area contributed by atoms with Crippen LogP contribution in [0.15, 0.2) is 29.9 Å². The summed E-state index contributed by atoms with van der Waals surface area (Å²) in [6.07, 6.45) is 1.80. The first-order chi connectivity index (χ1) is 8.28. The van der Waals surface area contributed by atoms with Crippen molar-refractivity contribution in [2.24, 2.45) is 0 Å². The fourth-order valence-corrected chi connectivity index (χ4v) is 2.04. The fourth-order valence-electron chi connectivity index (χ4n) is 1.48. The van der Waals surface area contributed by atoms with Crippen LogP contribution in [0.25, 0.3) is 0 Å². The molecule has 0 saturated heterocycles. The first kappa shape index (κ1) is 11.7. The average Bonchev–Trinajstić information content (AvgIpc) is 2.81. The van der Waals surface area contributed by atoms with Gasteiger partial charge >= 0.3 is 0 Å². The molecule has 0 radical (unpaired) electrons. The van der Waals surface area contributed by atoms with Crippen LogP contribution in [0.2, 0.25) is 0 Å². The van der Waals surface area contributed by atoms with Crippen LogP contribution in [0.3, 0.4) is 0 Å². The molecule has 1 aromatic heterocycles. The van der Waals surface area contributed by atoms with Crippen molar-refractivity contribution in [3.05, 3.63) is 51.7 Å². The summed E-state index contributed by atoms with van der Waals surface area (Å²) >= 11 is 1.57. The number of nitriles is 1. The summed E-state index contributed by atoms with van der Waals surface area (Å²) < 4.78 is 13.1. The molecule has 86 valence electrons. The average molecular weight is 247 g/mol. The van der Waals surface area contributed by atoms with E-state index in [1.807, 2.05) is 6.07 Å². The molecular formula is C12H10FN3S. The van der Waals surface area contributed by atoms with E-state index in [9.17, 15) is 4.39 Å². The summed E-state index contributed by atoms with van der Waals surface area (Å²) in [6, 6.07) is 6.28. The van der Waals surface area contributed by atoms with E-state index in [-0.39, 0.29) is 5.82 Å². The van der Waals surface area contributed by atoms with Gasteiger partial charge < -0.3 is 5.32 Å². The Morgan fingerprint density at radius 3 is 2.94 bits per heavy atom. The van der Waals surface area contributed by atoms with Crippen molar-refractivity contribution in [1.29, 1.82) is 5.26 Å². The van der Waals surface area contributed by atoms with E-state index in [2.05, 4.69) is 10.3 Å². The van der Waals surface area contributed by atoms with Crippen LogP contribution in [0.4, 0.5) is 4.39 Å². The monoisotopic (exact) mass is 247 g/mol. The van der Waals surface area contributed by atoms with Crippen LogP contribution >= 0.6 is 11.3 Å². The van der Waals surface area contributed by atoms with Crippen LogP contribution in [0.1, 0.15) is 16.0 Å². The maximum Gasteiger partial charge on any atom is 0.124 e. The molecule has 3 nitrogen and oxygen atoms in total. The number of thiazole rings is 1. The van der Waals surface area contributed by atoms with Gasteiger partial charge in [0, 0.05) is 24.2 Å².